The van der Waals surface area contributed by atoms with Crippen molar-refractivity contribution in [3.05, 3.63) is 57.0 Å². The largest absolute Gasteiger partial charge is 0.542 e. The van der Waals surface area contributed by atoms with Gasteiger partial charge in [-0.15, -0.1) is 0 Å². The molecule has 0 bridgehead atoms. The monoisotopic (exact) mass is 328 g/mol. The molecule has 0 atom stereocenters. The van der Waals surface area contributed by atoms with Crippen LogP contribution in [0.4, 0.5) is 11.4 Å². The molecule has 1 N–H and O–H groups in total. The van der Waals surface area contributed by atoms with Crippen molar-refractivity contribution in [3.63, 3.8) is 0 Å². The Morgan fingerprint density at radius 1 is 1.29 bits per heavy atom. The zero-order valence-corrected chi connectivity index (χ0v) is 12.9. The molecule has 1 aromatic carbocycles. The molecule has 0 saturated heterocycles. The lowest BCUT2D eigenvalue weighted by Gasteiger charge is -2.13. The lowest BCUT2D eigenvalue weighted by atomic mass is 9.93. The fraction of sp³-hybridized carbons (Fsp3) is 0.250. The number of carboxylic acids is 1. The molecule has 0 aliphatic heterocycles. The first-order valence-corrected chi connectivity index (χ1v) is 7.38. The van der Waals surface area contributed by atoms with E-state index in [2.05, 4.69) is 10.5 Å². The fourth-order valence-electron chi connectivity index (χ4n) is 2.76. The zero-order valence-electron chi connectivity index (χ0n) is 12.9. The fourth-order valence-corrected chi connectivity index (χ4v) is 2.76. The van der Waals surface area contributed by atoms with Crippen LogP contribution in [-0.2, 0) is 6.42 Å². The van der Waals surface area contributed by atoms with Gasteiger partial charge in [0.2, 0.25) is 0 Å². The maximum Gasteiger partial charge on any atom is 0.269 e. The number of hydrazone groups is 1. The molecule has 2 aromatic rings. The van der Waals surface area contributed by atoms with Gasteiger partial charge < -0.3 is 14.3 Å². The molecular formula is C16H14N3O5-. The maximum absolute atomic E-state index is 11.1. The summed E-state index contributed by atoms with van der Waals surface area (Å²) < 4.78 is 5.38. The Bertz CT molecular complexity index is 836. The van der Waals surface area contributed by atoms with E-state index in [1.165, 1.54) is 12.1 Å². The minimum absolute atomic E-state index is 0.00238. The number of furan rings is 1. The highest BCUT2D eigenvalue weighted by atomic mass is 16.6. The molecule has 1 aromatic heterocycles. The van der Waals surface area contributed by atoms with E-state index < -0.39 is 10.9 Å². The molecule has 124 valence electrons. The Balaban J connectivity index is 1.87. The van der Waals surface area contributed by atoms with Crippen LogP contribution in [0, 0.1) is 17.0 Å². The van der Waals surface area contributed by atoms with Crippen molar-refractivity contribution in [2.45, 2.75) is 26.2 Å². The van der Waals surface area contributed by atoms with Crippen molar-refractivity contribution in [2.75, 3.05) is 5.43 Å². The normalized spacial score (nSPS) is 15.1. The van der Waals surface area contributed by atoms with Crippen molar-refractivity contribution >= 4 is 23.1 Å². The average Bonchev–Trinajstić information content (AvgIpc) is 2.91. The van der Waals surface area contributed by atoms with E-state index in [9.17, 15) is 20.0 Å². The predicted octanol–water partition coefficient (Wildman–Crippen LogP) is 2.01. The summed E-state index contributed by atoms with van der Waals surface area (Å²) >= 11 is 0. The van der Waals surface area contributed by atoms with Gasteiger partial charge in [-0.05, 0) is 31.9 Å². The standard InChI is InChI=1S/C16H15N3O5/c1-9-14-12(3-2-4-13(14)24-15(9)16(20)21)18-17-10-5-7-11(8-6-10)19(22)23/h5-8,17H,2-4H2,1H3,(H,20,21)/p-1/b18-12-. The third-order valence-corrected chi connectivity index (χ3v) is 3.91. The molecule has 1 aliphatic carbocycles. The Morgan fingerprint density at radius 2 is 2.00 bits per heavy atom. The Hall–Kier alpha value is -3.16. The van der Waals surface area contributed by atoms with Gasteiger partial charge in [0.1, 0.15) is 11.7 Å². The summed E-state index contributed by atoms with van der Waals surface area (Å²) in [7, 11) is 0. The molecule has 0 saturated carbocycles. The average molecular weight is 328 g/mol. The highest BCUT2D eigenvalue weighted by Crippen LogP contribution is 2.29. The highest BCUT2D eigenvalue weighted by molar-refractivity contribution is 6.05. The number of nitrogens with one attached hydrogen (secondary N) is 1. The van der Waals surface area contributed by atoms with Crippen LogP contribution in [0.1, 0.15) is 40.3 Å². The van der Waals surface area contributed by atoms with Crippen LogP contribution >= 0.6 is 0 Å². The molecule has 1 aliphatic rings. The van der Waals surface area contributed by atoms with Crippen molar-refractivity contribution < 1.29 is 19.2 Å². The van der Waals surface area contributed by atoms with Gasteiger partial charge in [0.25, 0.3) is 5.69 Å². The molecule has 8 heteroatoms. The lowest BCUT2D eigenvalue weighted by molar-refractivity contribution is -0.384. The van der Waals surface area contributed by atoms with Crippen molar-refractivity contribution in [3.8, 4) is 0 Å². The second-order valence-corrected chi connectivity index (χ2v) is 5.47. The number of benzene rings is 1. The molecular weight excluding hydrogens is 314 g/mol. The number of hydrogen-bond donors (Lipinski definition) is 1. The van der Waals surface area contributed by atoms with Crippen molar-refractivity contribution in [2.24, 2.45) is 5.10 Å². The van der Waals surface area contributed by atoms with E-state index in [0.29, 0.717) is 41.1 Å². The van der Waals surface area contributed by atoms with Gasteiger partial charge in [-0.25, -0.2) is 0 Å². The number of nitro groups is 1. The van der Waals surface area contributed by atoms with Gasteiger partial charge in [-0.1, -0.05) is 0 Å². The molecule has 0 fully saturated rings. The van der Waals surface area contributed by atoms with E-state index in [0.717, 1.165) is 6.42 Å². The van der Waals surface area contributed by atoms with Gasteiger partial charge in [0.15, 0.2) is 5.76 Å². The number of aryl methyl sites for hydroxylation is 1. The van der Waals surface area contributed by atoms with E-state index in [-0.39, 0.29) is 11.4 Å². The number of non-ortho nitro benzene ring substituents is 1. The van der Waals surface area contributed by atoms with Gasteiger partial charge >= 0.3 is 0 Å². The summed E-state index contributed by atoms with van der Waals surface area (Å²) in [6, 6.07) is 5.87. The van der Waals surface area contributed by atoms with Gasteiger partial charge in [0, 0.05) is 29.7 Å². The number of fused-ring (bicyclic) bond motifs is 1. The third kappa shape index (κ3) is 2.85. The van der Waals surface area contributed by atoms with Crippen molar-refractivity contribution in [1.82, 2.24) is 0 Å². The number of hydrogen-bond acceptors (Lipinski definition) is 7. The van der Waals surface area contributed by atoms with Gasteiger partial charge in [-0.3, -0.25) is 15.5 Å². The topological polar surface area (TPSA) is 121 Å². The van der Waals surface area contributed by atoms with E-state index in [1.54, 1.807) is 19.1 Å². The second kappa shape index (κ2) is 6.15. The minimum atomic E-state index is -1.34. The lowest BCUT2D eigenvalue weighted by Crippen LogP contribution is -2.22. The van der Waals surface area contributed by atoms with Crippen LogP contribution in [0.2, 0.25) is 0 Å². The van der Waals surface area contributed by atoms with Gasteiger partial charge in [0.05, 0.1) is 16.3 Å². The molecule has 8 nitrogen and oxygen atoms in total. The van der Waals surface area contributed by atoms with Crippen LogP contribution < -0.4 is 10.5 Å². The summed E-state index contributed by atoms with van der Waals surface area (Å²) in [6.07, 6.45) is 2.13. The Kier molecular flexibility index (Phi) is 4.03. The number of nitrogens with zero attached hydrogens (tertiary/aromatic N) is 2. The molecule has 0 amide bonds. The summed E-state index contributed by atoms with van der Waals surface area (Å²) in [4.78, 5) is 21.3. The number of aromatic carboxylic acids is 1. The van der Waals surface area contributed by atoms with E-state index >= 15 is 0 Å². The number of rotatable bonds is 4. The Morgan fingerprint density at radius 3 is 2.62 bits per heavy atom. The summed E-state index contributed by atoms with van der Waals surface area (Å²) in [5.41, 5.74) is 5.35. The molecule has 0 radical (unpaired) electrons. The smallest absolute Gasteiger partial charge is 0.269 e. The zero-order chi connectivity index (χ0) is 17.3. The molecule has 0 unspecified atom stereocenters. The van der Waals surface area contributed by atoms with Crippen LogP contribution in [-0.4, -0.2) is 16.6 Å². The molecule has 24 heavy (non-hydrogen) atoms. The molecule has 0 spiro atoms. The van der Waals surface area contributed by atoms with Crippen molar-refractivity contribution in [1.29, 1.82) is 0 Å². The first-order chi connectivity index (χ1) is 11.5. The second-order valence-electron chi connectivity index (χ2n) is 5.47. The number of carbonyl (C=O) groups excluding carboxylic acids is 1. The predicted molar refractivity (Wildman–Crippen MR) is 84.0 cm³/mol. The summed E-state index contributed by atoms with van der Waals surface area (Å²) in [5, 5.41) is 26.1. The van der Waals surface area contributed by atoms with Crippen LogP contribution in [0.3, 0.4) is 0 Å². The van der Waals surface area contributed by atoms with Crippen LogP contribution in [0.25, 0.3) is 0 Å². The minimum Gasteiger partial charge on any atom is -0.542 e. The van der Waals surface area contributed by atoms with E-state index in [4.69, 9.17) is 4.42 Å². The molecule has 3 rings (SSSR count). The van der Waals surface area contributed by atoms with Gasteiger partial charge in [-0.2, -0.15) is 5.10 Å². The Labute approximate surface area is 136 Å². The SMILES string of the molecule is Cc1c(C(=O)[O-])oc2c1/C(=N\Nc1ccc([N+](=O)[O-])cc1)CCC2. The number of carboxylic acid groups (broad SMARTS) is 1. The van der Waals surface area contributed by atoms with Crippen LogP contribution in [0.15, 0.2) is 33.8 Å². The van der Waals surface area contributed by atoms with Crippen LogP contribution in [0.5, 0.6) is 0 Å². The van der Waals surface area contributed by atoms with E-state index in [1.807, 2.05) is 0 Å². The first-order valence-electron chi connectivity index (χ1n) is 7.38. The third-order valence-electron chi connectivity index (χ3n) is 3.91. The maximum atomic E-state index is 11.1. The molecule has 1 heterocycles. The summed E-state index contributed by atoms with van der Waals surface area (Å²) in [5.74, 6) is -0.906. The number of anilines is 1. The number of carbonyl (C=O) groups is 1. The first kappa shape index (κ1) is 15.7. The highest BCUT2D eigenvalue weighted by Gasteiger charge is 2.25. The number of nitro benzene ring substituents is 1. The quantitative estimate of drug-likeness (QED) is 0.677. The summed E-state index contributed by atoms with van der Waals surface area (Å²) in [6.45, 7) is 1.67.